The van der Waals surface area contributed by atoms with Gasteiger partial charge in [-0.2, -0.15) is 11.3 Å². The topological polar surface area (TPSA) is 49.3 Å². The summed E-state index contributed by atoms with van der Waals surface area (Å²) >= 11 is 1.66. The van der Waals surface area contributed by atoms with Gasteiger partial charge in [-0.1, -0.05) is 0 Å². The Hall–Kier alpha value is -1.81. The van der Waals surface area contributed by atoms with Crippen molar-refractivity contribution in [1.29, 1.82) is 0 Å². The number of aryl methyl sites for hydroxylation is 1. The summed E-state index contributed by atoms with van der Waals surface area (Å²) in [6.45, 7) is 2.40. The SMILES string of the molecule is Cc1cc(C(=O)NCCc2ccsc2)ccc1O. The fraction of sp³-hybridized carbons (Fsp3) is 0.214. The molecule has 4 heteroatoms. The van der Waals surface area contributed by atoms with E-state index in [0.717, 1.165) is 6.42 Å². The summed E-state index contributed by atoms with van der Waals surface area (Å²) in [4.78, 5) is 11.8. The zero-order chi connectivity index (χ0) is 13.0. The number of hydrogen-bond donors (Lipinski definition) is 2. The lowest BCUT2D eigenvalue weighted by molar-refractivity contribution is 0.0954. The Labute approximate surface area is 110 Å². The van der Waals surface area contributed by atoms with Crippen molar-refractivity contribution in [2.45, 2.75) is 13.3 Å². The van der Waals surface area contributed by atoms with E-state index in [1.54, 1.807) is 36.5 Å². The summed E-state index contributed by atoms with van der Waals surface area (Å²) in [5.74, 6) is 0.109. The van der Waals surface area contributed by atoms with Crippen molar-refractivity contribution in [3.8, 4) is 5.75 Å². The van der Waals surface area contributed by atoms with Gasteiger partial charge in [-0.15, -0.1) is 0 Å². The number of thiophene rings is 1. The molecule has 94 valence electrons. The number of carbonyl (C=O) groups excluding carboxylic acids is 1. The first-order valence-corrected chi connectivity index (χ1v) is 6.70. The van der Waals surface area contributed by atoms with Gasteiger partial charge in [0.15, 0.2) is 0 Å². The average molecular weight is 261 g/mol. The predicted molar refractivity (Wildman–Crippen MR) is 73.2 cm³/mol. The van der Waals surface area contributed by atoms with E-state index in [1.165, 1.54) is 5.56 Å². The number of aromatic hydroxyl groups is 1. The zero-order valence-corrected chi connectivity index (χ0v) is 11.0. The third-order valence-corrected chi connectivity index (χ3v) is 3.47. The molecule has 1 amide bonds. The quantitative estimate of drug-likeness (QED) is 0.889. The van der Waals surface area contributed by atoms with Crippen molar-refractivity contribution < 1.29 is 9.90 Å². The third kappa shape index (κ3) is 3.11. The van der Waals surface area contributed by atoms with Gasteiger partial charge in [0, 0.05) is 12.1 Å². The molecule has 1 heterocycles. The van der Waals surface area contributed by atoms with E-state index in [1.807, 2.05) is 5.38 Å². The molecule has 0 atom stereocenters. The van der Waals surface area contributed by atoms with Gasteiger partial charge in [-0.25, -0.2) is 0 Å². The highest BCUT2D eigenvalue weighted by atomic mass is 32.1. The normalized spacial score (nSPS) is 10.3. The molecular weight excluding hydrogens is 246 g/mol. The molecule has 1 aromatic heterocycles. The molecule has 0 aliphatic carbocycles. The van der Waals surface area contributed by atoms with Crippen molar-refractivity contribution in [3.63, 3.8) is 0 Å². The highest BCUT2D eigenvalue weighted by Gasteiger charge is 2.06. The molecule has 0 unspecified atom stereocenters. The molecule has 0 fully saturated rings. The molecule has 2 N–H and O–H groups in total. The Bertz CT molecular complexity index is 535. The second-order valence-corrected chi connectivity index (χ2v) is 4.92. The predicted octanol–water partition coefficient (Wildman–Crippen LogP) is 2.73. The number of benzene rings is 1. The Morgan fingerprint density at radius 3 is 2.89 bits per heavy atom. The largest absolute Gasteiger partial charge is 0.508 e. The molecule has 2 aromatic rings. The van der Waals surface area contributed by atoms with E-state index in [-0.39, 0.29) is 11.7 Å². The van der Waals surface area contributed by atoms with Gasteiger partial charge in [-0.3, -0.25) is 4.79 Å². The molecule has 0 spiro atoms. The number of carbonyl (C=O) groups is 1. The van der Waals surface area contributed by atoms with Crippen LogP contribution in [0.25, 0.3) is 0 Å². The molecule has 0 aliphatic rings. The average Bonchev–Trinajstić information content (AvgIpc) is 2.85. The fourth-order valence-corrected chi connectivity index (χ4v) is 2.36. The number of phenolic OH excluding ortho intramolecular Hbond substituents is 1. The summed E-state index contributed by atoms with van der Waals surface area (Å²) in [6, 6.07) is 6.92. The van der Waals surface area contributed by atoms with E-state index in [0.29, 0.717) is 17.7 Å². The van der Waals surface area contributed by atoms with Crippen LogP contribution in [0.4, 0.5) is 0 Å². The molecule has 3 nitrogen and oxygen atoms in total. The first-order chi connectivity index (χ1) is 8.66. The number of amides is 1. The molecule has 1 aromatic carbocycles. The number of hydrogen-bond acceptors (Lipinski definition) is 3. The first kappa shape index (κ1) is 12.6. The molecular formula is C14H15NO2S. The van der Waals surface area contributed by atoms with Crippen LogP contribution in [0.15, 0.2) is 35.0 Å². The summed E-state index contributed by atoms with van der Waals surface area (Å²) in [7, 11) is 0. The van der Waals surface area contributed by atoms with Crippen LogP contribution in [0.2, 0.25) is 0 Å². The Morgan fingerprint density at radius 1 is 1.39 bits per heavy atom. The Balaban J connectivity index is 1.89. The van der Waals surface area contributed by atoms with Gasteiger partial charge in [0.25, 0.3) is 5.91 Å². The van der Waals surface area contributed by atoms with Gasteiger partial charge >= 0.3 is 0 Å². The number of phenols is 1. The monoisotopic (exact) mass is 261 g/mol. The highest BCUT2D eigenvalue weighted by Crippen LogP contribution is 2.16. The van der Waals surface area contributed by atoms with Crippen molar-refractivity contribution in [1.82, 2.24) is 5.32 Å². The maximum Gasteiger partial charge on any atom is 0.251 e. The lowest BCUT2D eigenvalue weighted by Crippen LogP contribution is -2.25. The van der Waals surface area contributed by atoms with Crippen LogP contribution in [0.1, 0.15) is 21.5 Å². The second-order valence-electron chi connectivity index (χ2n) is 4.14. The molecule has 0 saturated carbocycles. The molecule has 0 saturated heterocycles. The summed E-state index contributed by atoms with van der Waals surface area (Å²) in [5.41, 5.74) is 2.53. The maximum absolute atomic E-state index is 11.8. The van der Waals surface area contributed by atoms with Crippen LogP contribution >= 0.6 is 11.3 Å². The van der Waals surface area contributed by atoms with Gasteiger partial charge in [-0.05, 0) is 59.5 Å². The Morgan fingerprint density at radius 2 is 2.22 bits per heavy atom. The van der Waals surface area contributed by atoms with Crippen LogP contribution in [0, 0.1) is 6.92 Å². The minimum atomic E-state index is -0.103. The van der Waals surface area contributed by atoms with Crippen LogP contribution in [0.5, 0.6) is 5.75 Å². The van der Waals surface area contributed by atoms with E-state index in [2.05, 4.69) is 16.8 Å². The van der Waals surface area contributed by atoms with Crippen molar-refractivity contribution in [3.05, 3.63) is 51.7 Å². The fourth-order valence-electron chi connectivity index (χ4n) is 1.65. The lowest BCUT2D eigenvalue weighted by atomic mass is 10.1. The van der Waals surface area contributed by atoms with Gasteiger partial charge in [0.2, 0.25) is 0 Å². The summed E-state index contributed by atoms with van der Waals surface area (Å²) in [5, 5.41) is 16.4. The maximum atomic E-state index is 11.8. The summed E-state index contributed by atoms with van der Waals surface area (Å²) in [6.07, 6.45) is 0.840. The highest BCUT2D eigenvalue weighted by molar-refractivity contribution is 7.07. The molecule has 2 rings (SSSR count). The van der Waals surface area contributed by atoms with Gasteiger partial charge in [0.05, 0.1) is 0 Å². The minimum Gasteiger partial charge on any atom is -0.508 e. The van der Waals surface area contributed by atoms with E-state index < -0.39 is 0 Å². The Kier molecular flexibility index (Phi) is 3.99. The number of nitrogens with one attached hydrogen (secondary N) is 1. The van der Waals surface area contributed by atoms with Gasteiger partial charge < -0.3 is 10.4 Å². The van der Waals surface area contributed by atoms with E-state index in [4.69, 9.17) is 0 Å². The second kappa shape index (κ2) is 5.69. The van der Waals surface area contributed by atoms with Crippen LogP contribution < -0.4 is 5.32 Å². The van der Waals surface area contributed by atoms with Crippen LogP contribution in [-0.2, 0) is 6.42 Å². The lowest BCUT2D eigenvalue weighted by Gasteiger charge is -2.06. The molecule has 0 radical (unpaired) electrons. The summed E-state index contributed by atoms with van der Waals surface area (Å²) < 4.78 is 0. The van der Waals surface area contributed by atoms with Crippen molar-refractivity contribution in [2.75, 3.05) is 6.54 Å². The van der Waals surface area contributed by atoms with E-state index >= 15 is 0 Å². The third-order valence-electron chi connectivity index (χ3n) is 2.74. The standard InChI is InChI=1S/C14H15NO2S/c1-10-8-12(2-3-13(10)16)14(17)15-6-4-11-5-7-18-9-11/h2-3,5,7-9,16H,4,6H2,1H3,(H,15,17). The molecule has 18 heavy (non-hydrogen) atoms. The van der Waals surface area contributed by atoms with Crippen LogP contribution in [-0.4, -0.2) is 17.6 Å². The smallest absolute Gasteiger partial charge is 0.251 e. The van der Waals surface area contributed by atoms with Crippen molar-refractivity contribution in [2.24, 2.45) is 0 Å². The first-order valence-electron chi connectivity index (χ1n) is 5.75. The zero-order valence-electron chi connectivity index (χ0n) is 10.1. The molecule has 0 bridgehead atoms. The number of rotatable bonds is 4. The van der Waals surface area contributed by atoms with Crippen LogP contribution in [0.3, 0.4) is 0 Å². The minimum absolute atomic E-state index is 0.103. The van der Waals surface area contributed by atoms with E-state index in [9.17, 15) is 9.90 Å². The molecule has 0 aliphatic heterocycles. The van der Waals surface area contributed by atoms with Gasteiger partial charge in [0.1, 0.15) is 5.75 Å². The van der Waals surface area contributed by atoms with Crippen molar-refractivity contribution >= 4 is 17.2 Å².